The first-order valence-corrected chi connectivity index (χ1v) is 13.9. The summed E-state index contributed by atoms with van der Waals surface area (Å²) in [6.45, 7) is 19.1. The van der Waals surface area contributed by atoms with E-state index >= 15 is 0 Å². The number of fused-ring (bicyclic) bond motifs is 3. The Kier molecular flexibility index (Phi) is 7.28. The minimum Gasteiger partial charge on any atom is -0.462 e. The van der Waals surface area contributed by atoms with Crippen molar-refractivity contribution in [1.82, 2.24) is 0 Å². The van der Waals surface area contributed by atoms with Gasteiger partial charge in [0, 0.05) is 18.3 Å². The number of allylic oxidation sites excluding steroid dienone is 2. The standard InChI is InChI=1S/C30H46O6/c1-15(2)11-25(31)36-24-14-29(8)13-21-17(5)9-10-22-19(7)35-28(33)27(32)30(22,34)18(6)20(21)12-23(29)26(24)16(3)4/h9,15-16,19-24,26-27,32,34H,6,10-14H2,1-5,7-8H3/b17-9-. The fourth-order valence-corrected chi connectivity index (χ4v) is 8.27. The number of rotatable bonds is 4. The molecule has 10 atom stereocenters. The SMILES string of the molecule is C=C1C2CC3C(C(C)C)C(OC(=O)CC(C)C)CC3(C)CC2/C(C)=C\CC2C(C)OC(=O)C(O)C12O. The van der Waals surface area contributed by atoms with E-state index in [0.717, 1.165) is 19.3 Å². The summed E-state index contributed by atoms with van der Waals surface area (Å²) in [6.07, 6.45) is 3.36. The zero-order valence-corrected chi connectivity index (χ0v) is 23.1. The van der Waals surface area contributed by atoms with E-state index in [2.05, 4.69) is 40.3 Å². The van der Waals surface area contributed by atoms with Crippen LogP contribution < -0.4 is 0 Å². The Balaban J connectivity index is 1.70. The van der Waals surface area contributed by atoms with Gasteiger partial charge < -0.3 is 19.7 Å². The van der Waals surface area contributed by atoms with Crippen molar-refractivity contribution in [2.24, 2.45) is 46.8 Å². The molecule has 36 heavy (non-hydrogen) atoms. The van der Waals surface area contributed by atoms with Crippen LogP contribution in [0.2, 0.25) is 0 Å². The monoisotopic (exact) mass is 502 g/mol. The van der Waals surface area contributed by atoms with E-state index in [1.54, 1.807) is 6.92 Å². The van der Waals surface area contributed by atoms with E-state index in [0.29, 0.717) is 24.3 Å². The van der Waals surface area contributed by atoms with Crippen LogP contribution in [0.25, 0.3) is 0 Å². The van der Waals surface area contributed by atoms with E-state index in [1.165, 1.54) is 5.57 Å². The summed E-state index contributed by atoms with van der Waals surface area (Å²) in [5, 5.41) is 22.9. The number of cyclic esters (lactones) is 1. The van der Waals surface area contributed by atoms with Crippen LogP contribution in [0.15, 0.2) is 23.8 Å². The Labute approximate surface area is 216 Å². The van der Waals surface area contributed by atoms with E-state index in [1.807, 2.05) is 13.8 Å². The summed E-state index contributed by atoms with van der Waals surface area (Å²) in [6, 6.07) is 0. The normalized spacial score (nSPS) is 46.1. The molecular weight excluding hydrogens is 456 g/mol. The van der Waals surface area contributed by atoms with Crippen LogP contribution >= 0.6 is 0 Å². The molecule has 1 aliphatic heterocycles. The molecule has 0 radical (unpaired) electrons. The van der Waals surface area contributed by atoms with E-state index in [4.69, 9.17) is 9.47 Å². The first-order valence-electron chi connectivity index (χ1n) is 13.9. The van der Waals surface area contributed by atoms with Gasteiger partial charge in [0.05, 0.1) is 0 Å². The van der Waals surface area contributed by atoms with Crippen molar-refractivity contribution in [2.75, 3.05) is 0 Å². The maximum atomic E-state index is 12.7. The van der Waals surface area contributed by atoms with Crippen molar-refractivity contribution in [3.8, 4) is 0 Å². The average Bonchev–Trinajstić information content (AvgIpc) is 3.05. The summed E-state index contributed by atoms with van der Waals surface area (Å²) in [7, 11) is 0. The van der Waals surface area contributed by atoms with Crippen LogP contribution in [-0.4, -0.2) is 46.1 Å². The van der Waals surface area contributed by atoms with Crippen LogP contribution in [0, 0.1) is 46.8 Å². The molecule has 6 nitrogen and oxygen atoms in total. The summed E-state index contributed by atoms with van der Waals surface area (Å²) < 4.78 is 11.5. The molecule has 0 aromatic heterocycles. The molecule has 4 rings (SSSR count). The molecule has 6 heteroatoms. The Morgan fingerprint density at radius 3 is 2.50 bits per heavy atom. The van der Waals surface area contributed by atoms with Crippen molar-refractivity contribution in [2.45, 2.75) is 104 Å². The Morgan fingerprint density at radius 2 is 1.89 bits per heavy atom. The number of carbonyl (C=O) groups excluding carboxylic acids is 2. The van der Waals surface area contributed by atoms with Gasteiger partial charge in [-0.2, -0.15) is 0 Å². The summed E-state index contributed by atoms with van der Waals surface area (Å²) >= 11 is 0. The highest BCUT2D eigenvalue weighted by molar-refractivity contribution is 5.78. The Hall–Kier alpha value is -1.66. The van der Waals surface area contributed by atoms with Gasteiger partial charge >= 0.3 is 11.9 Å². The largest absolute Gasteiger partial charge is 0.462 e. The van der Waals surface area contributed by atoms with Gasteiger partial charge in [-0.1, -0.05) is 52.8 Å². The van der Waals surface area contributed by atoms with Crippen LogP contribution in [-0.2, 0) is 19.1 Å². The maximum Gasteiger partial charge on any atom is 0.338 e. The highest BCUT2D eigenvalue weighted by Crippen LogP contribution is 2.63. The first-order chi connectivity index (χ1) is 16.7. The van der Waals surface area contributed by atoms with Gasteiger partial charge in [-0.15, -0.1) is 0 Å². The summed E-state index contributed by atoms with van der Waals surface area (Å²) in [5.41, 5.74) is 0.0958. The van der Waals surface area contributed by atoms with Crippen LogP contribution in [0.4, 0.5) is 0 Å². The van der Waals surface area contributed by atoms with Gasteiger partial charge in [-0.3, -0.25) is 4.79 Å². The van der Waals surface area contributed by atoms with Crippen molar-refractivity contribution < 1.29 is 29.3 Å². The summed E-state index contributed by atoms with van der Waals surface area (Å²) in [5.74, 6) is -0.195. The fourth-order valence-electron chi connectivity index (χ4n) is 8.27. The van der Waals surface area contributed by atoms with Crippen molar-refractivity contribution in [3.63, 3.8) is 0 Å². The van der Waals surface area contributed by atoms with Crippen LogP contribution in [0.1, 0.15) is 80.6 Å². The number of hydrogen-bond donors (Lipinski definition) is 2. The van der Waals surface area contributed by atoms with Gasteiger partial charge in [0.2, 0.25) is 0 Å². The molecule has 4 aliphatic rings. The lowest BCUT2D eigenvalue weighted by Crippen LogP contribution is -2.63. The molecule has 1 heterocycles. The highest BCUT2D eigenvalue weighted by atomic mass is 16.6. The third kappa shape index (κ3) is 4.36. The average molecular weight is 503 g/mol. The third-order valence-corrected chi connectivity index (χ3v) is 10.1. The van der Waals surface area contributed by atoms with E-state index in [-0.39, 0.29) is 47.1 Å². The molecule has 1 saturated heterocycles. The Bertz CT molecular complexity index is 936. The fraction of sp³-hybridized carbons (Fsp3) is 0.800. The second kappa shape index (κ2) is 9.58. The second-order valence-corrected chi connectivity index (χ2v) is 13.3. The van der Waals surface area contributed by atoms with Gasteiger partial charge in [-0.25, -0.2) is 4.79 Å². The molecule has 0 bridgehead atoms. The number of carbonyl (C=O) groups is 2. The number of hydrogen-bond acceptors (Lipinski definition) is 6. The van der Waals surface area contributed by atoms with Gasteiger partial charge in [0.1, 0.15) is 17.8 Å². The molecule has 0 aromatic rings. The molecule has 0 spiro atoms. The quantitative estimate of drug-likeness (QED) is 0.423. The smallest absolute Gasteiger partial charge is 0.338 e. The molecule has 2 N–H and O–H groups in total. The number of aliphatic hydroxyl groups excluding tert-OH is 1. The summed E-state index contributed by atoms with van der Waals surface area (Å²) in [4.78, 5) is 25.2. The molecule has 3 aliphatic carbocycles. The molecule has 3 fully saturated rings. The molecule has 2 saturated carbocycles. The lowest BCUT2D eigenvalue weighted by molar-refractivity contribution is -0.209. The van der Waals surface area contributed by atoms with Crippen molar-refractivity contribution >= 4 is 11.9 Å². The van der Waals surface area contributed by atoms with E-state index in [9.17, 15) is 19.8 Å². The lowest BCUT2D eigenvalue weighted by atomic mass is 9.53. The second-order valence-electron chi connectivity index (χ2n) is 13.3. The number of esters is 2. The van der Waals surface area contributed by atoms with Crippen LogP contribution in [0.5, 0.6) is 0 Å². The van der Waals surface area contributed by atoms with Gasteiger partial charge in [0.25, 0.3) is 0 Å². The van der Waals surface area contributed by atoms with Gasteiger partial charge in [0.15, 0.2) is 6.10 Å². The molecule has 10 unspecified atom stereocenters. The number of aliphatic hydroxyl groups is 2. The van der Waals surface area contributed by atoms with Crippen molar-refractivity contribution in [1.29, 1.82) is 0 Å². The van der Waals surface area contributed by atoms with Gasteiger partial charge in [-0.05, 0) is 80.1 Å². The highest BCUT2D eigenvalue weighted by Gasteiger charge is 2.62. The minimum absolute atomic E-state index is 0.00706. The first kappa shape index (κ1) is 27.4. The molecule has 0 aromatic carbocycles. The predicted molar refractivity (Wildman–Crippen MR) is 138 cm³/mol. The molecule has 202 valence electrons. The molecular formula is C30H46O6. The molecule has 0 amide bonds. The van der Waals surface area contributed by atoms with Crippen molar-refractivity contribution in [3.05, 3.63) is 23.8 Å². The number of ether oxygens (including phenoxy) is 2. The zero-order chi connectivity index (χ0) is 26.7. The maximum absolute atomic E-state index is 12.7. The zero-order valence-electron chi connectivity index (χ0n) is 23.1. The van der Waals surface area contributed by atoms with E-state index < -0.39 is 29.7 Å². The van der Waals surface area contributed by atoms with Crippen LogP contribution in [0.3, 0.4) is 0 Å². The topological polar surface area (TPSA) is 93.1 Å². The third-order valence-electron chi connectivity index (χ3n) is 10.1. The predicted octanol–water partition coefficient (Wildman–Crippen LogP) is 4.83. The lowest BCUT2D eigenvalue weighted by Gasteiger charge is -2.54. The Morgan fingerprint density at radius 1 is 1.22 bits per heavy atom. The minimum atomic E-state index is -1.72.